The van der Waals surface area contributed by atoms with E-state index in [1.165, 1.54) is 5.54 Å². The van der Waals surface area contributed by atoms with Gasteiger partial charge in [-0.1, -0.05) is 23.2 Å². The maximum atomic E-state index is 5.76. The minimum atomic E-state index is 0.352. The van der Waals surface area contributed by atoms with Gasteiger partial charge in [0.15, 0.2) is 0 Å². The summed E-state index contributed by atoms with van der Waals surface area (Å²) in [6.07, 6.45) is 2.45. The summed E-state index contributed by atoms with van der Waals surface area (Å²) in [5.41, 5.74) is 1.40. The van der Waals surface area contributed by atoms with E-state index in [9.17, 15) is 0 Å². The van der Waals surface area contributed by atoms with Crippen LogP contribution in [0.3, 0.4) is 0 Å². The lowest BCUT2D eigenvalue weighted by atomic mass is 10.0. The SMILES string of the molecule is CC1CC(NC/C(Cl)=C/Cl)CCO1. The summed E-state index contributed by atoms with van der Waals surface area (Å²) < 4.78 is 5.43. The summed E-state index contributed by atoms with van der Waals surface area (Å²) >= 11 is 11.2. The second-order valence-corrected chi connectivity index (χ2v) is 4.04. The summed E-state index contributed by atoms with van der Waals surface area (Å²) in [5, 5.41) is 3.99. The molecular weight excluding hydrogens is 209 g/mol. The first-order valence-electron chi connectivity index (χ1n) is 4.52. The molecule has 1 saturated heterocycles. The van der Waals surface area contributed by atoms with Crippen LogP contribution in [-0.2, 0) is 4.74 Å². The van der Waals surface area contributed by atoms with Gasteiger partial charge in [0.2, 0.25) is 0 Å². The Labute approximate surface area is 89.2 Å². The molecule has 1 heterocycles. The fourth-order valence-electron chi connectivity index (χ4n) is 1.46. The molecule has 0 aromatic heterocycles. The Morgan fingerprint density at radius 1 is 1.69 bits per heavy atom. The van der Waals surface area contributed by atoms with Gasteiger partial charge in [0.1, 0.15) is 0 Å². The van der Waals surface area contributed by atoms with Crippen LogP contribution in [0.1, 0.15) is 19.8 Å². The standard InChI is InChI=1S/C9H15Cl2NO/c1-7-4-9(2-3-13-7)12-6-8(11)5-10/h5,7,9,12H,2-4,6H2,1H3/b8-5-. The van der Waals surface area contributed by atoms with Crippen molar-refractivity contribution < 1.29 is 4.74 Å². The number of ether oxygens (including phenoxy) is 1. The van der Waals surface area contributed by atoms with Crippen molar-refractivity contribution >= 4 is 23.2 Å². The zero-order valence-electron chi connectivity index (χ0n) is 7.72. The second kappa shape index (κ2) is 5.86. The largest absolute Gasteiger partial charge is 0.378 e. The van der Waals surface area contributed by atoms with Crippen LogP contribution in [0.25, 0.3) is 0 Å². The number of nitrogens with one attached hydrogen (secondary N) is 1. The van der Waals surface area contributed by atoms with Gasteiger partial charge < -0.3 is 10.1 Å². The molecule has 1 aliphatic heterocycles. The highest BCUT2D eigenvalue weighted by Gasteiger charge is 2.18. The Kier molecular flexibility index (Phi) is 5.10. The number of rotatable bonds is 3. The van der Waals surface area contributed by atoms with Crippen LogP contribution in [0.15, 0.2) is 10.6 Å². The van der Waals surface area contributed by atoms with E-state index in [2.05, 4.69) is 12.2 Å². The smallest absolute Gasteiger partial charge is 0.0561 e. The van der Waals surface area contributed by atoms with Crippen LogP contribution in [0.2, 0.25) is 0 Å². The molecule has 1 fully saturated rings. The third-order valence-electron chi connectivity index (χ3n) is 2.16. The molecule has 0 radical (unpaired) electrons. The Morgan fingerprint density at radius 2 is 2.46 bits per heavy atom. The zero-order chi connectivity index (χ0) is 9.68. The number of hydrogen-bond donors (Lipinski definition) is 1. The summed E-state index contributed by atoms with van der Waals surface area (Å²) in [5.74, 6) is 0. The van der Waals surface area contributed by atoms with Gasteiger partial charge in [-0.25, -0.2) is 0 Å². The minimum absolute atomic E-state index is 0.352. The second-order valence-electron chi connectivity index (χ2n) is 3.34. The maximum absolute atomic E-state index is 5.76. The first kappa shape index (κ1) is 11.3. The molecule has 2 atom stereocenters. The molecule has 0 aliphatic carbocycles. The molecular formula is C9H15Cl2NO. The first-order valence-corrected chi connectivity index (χ1v) is 5.33. The molecule has 0 aromatic carbocycles. The molecule has 0 aromatic rings. The van der Waals surface area contributed by atoms with Crippen molar-refractivity contribution in [2.75, 3.05) is 13.2 Å². The van der Waals surface area contributed by atoms with Crippen LogP contribution >= 0.6 is 23.2 Å². The van der Waals surface area contributed by atoms with E-state index in [-0.39, 0.29) is 0 Å². The third-order valence-corrected chi connectivity index (χ3v) is 2.78. The molecule has 0 saturated carbocycles. The van der Waals surface area contributed by atoms with Crippen LogP contribution in [-0.4, -0.2) is 25.3 Å². The Bertz CT molecular complexity index is 184. The van der Waals surface area contributed by atoms with Crippen molar-refractivity contribution in [3.8, 4) is 0 Å². The minimum Gasteiger partial charge on any atom is -0.378 e. The van der Waals surface area contributed by atoms with E-state index in [0.29, 0.717) is 23.7 Å². The van der Waals surface area contributed by atoms with Crippen LogP contribution in [0.5, 0.6) is 0 Å². The van der Waals surface area contributed by atoms with Crippen molar-refractivity contribution in [3.05, 3.63) is 10.6 Å². The molecule has 1 aliphatic rings. The lowest BCUT2D eigenvalue weighted by molar-refractivity contribution is 0.0140. The van der Waals surface area contributed by atoms with Crippen molar-refractivity contribution in [2.45, 2.75) is 31.9 Å². The summed E-state index contributed by atoms with van der Waals surface area (Å²) in [6, 6.07) is 0.508. The topological polar surface area (TPSA) is 21.3 Å². The van der Waals surface area contributed by atoms with Gasteiger partial charge in [0, 0.05) is 29.8 Å². The molecule has 4 heteroatoms. The highest BCUT2D eigenvalue weighted by Crippen LogP contribution is 2.13. The molecule has 1 N–H and O–H groups in total. The third kappa shape index (κ3) is 4.32. The van der Waals surface area contributed by atoms with E-state index in [4.69, 9.17) is 27.9 Å². The monoisotopic (exact) mass is 223 g/mol. The van der Waals surface area contributed by atoms with Gasteiger partial charge in [0.25, 0.3) is 0 Å². The van der Waals surface area contributed by atoms with Gasteiger partial charge in [-0.2, -0.15) is 0 Å². The van der Waals surface area contributed by atoms with Gasteiger partial charge in [-0.05, 0) is 19.8 Å². The van der Waals surface area contributed by atoms with E-state index < -0.39 is 0 Å². The van der Waals surface area contributed by atoms with Crippen molar-refractivity contribution in [2.24, 2.45) is 0 Å². The molecule has 0 spiro atoms. The average Bonchev–Trinajstić information content (AvgIpc) is 2.14. The predicted molar refractivity (Wildman–Crippen MR) is 56.2 cm³/mol. The molecule has 1 rings (SSSR count). The fourth-order valence-corrected chi connectivity index (χ4v) is 1.62. The summed E-state index contributed by atoms with van der Waals surface area (Å²) in [4.78, 5) is 0. The first-order chi connectivity index (χ1) is 6.22. The highest BCUT2D eigenvalue weighted by atomic mass is 35.5. The normalized spacial score (nSPS) is 30.5. The molecule has 76 valence electrons. The van der Waals surface area contributed by atoms with Crippen molar-refractivity contribution in [1.29, 1.82) is 0 Å². The van der Waals surface area contributed by atoms with Gasteiger partial charge in [-0.15, -0.1) is 0 Å². The summed E-state index contributed by atoms with van der Waals surface area (Å²) in [6.45, 7) is 3.58. The number of halogens is 2. The van der Waals surface area contributed by atoms with Crippen molar-refractivity contribution in [1.82, 2.24) is 5.32 Å². The van der Waals surface area contributed by atoms with Crippen molar-refractivity contribution in [3.63, 3.8) is 0 Å². The highest BCUT2D eigenvalue weighted by molar-refractivity contribution is 6.36. The molecule has 0 amide bonds. The number of hydrogen-bond acceptors (Lipinski definition) is 2. The molecule has 2 unspecified atom stereocenters. The average molecular weight is 224 g/mol. The predicted octanol–water partition coefficient (Wildman–Crippen LogP) is 2.46. The summed E-state index contributed by atoms with van der Waals surface area (Å²) in [7, 11) is 0. The maximum Gasteiger partial charge on any atom is 0.0561 e. The lowest BCUT2D eigenvalue weighted by Gasteiger charge is -2.27. The van der Waals surface area contributed by atoms with Crippen LogP contribution in [0.4, 0.5) is 0 Å². The molecule has 2 nitrogen and oxygen atoms in total. The van der Waals surface area contributed by atoms with Crippen LogP contribution < -0.4 is 5.32 Å². The van der Waals surface area contributed by atoms with E-state index in [1.54, 1.807) is 0 Å². The fraction of sp³-hybridized carbons (Fsp3) is 0.778. The van der Waals surface area contributed by atoms with Gasteiger partial charge >= 0.3 is 0 Å². The van der Waals surface area contributed by atoms with Gasteiger partial charge in [0.05, 0.1) is 6.10 Å². The van der Waals surface area contributed by atoms with E-state index in [0.717, 1.165) is 19.4 Å². The molecule has 0 bridgehead atoms. The van der Waals surface area contributed by atoms with E-state index in [1.807, 2.05) is 0 Å². The Hall–Kier alpha value is 0.240. The lowest BCUT2D eigenvalue weighted by Crippen LogP contribution is -2.38. The zero-order valence-corrected chi connectivity index (χ0v) is 9.24. The van der Waals surface area contributed by atoms with Gasteiger partial charge in [-0.3, -0.25) is 0 Å². The van der Waals surface area contributed by atoms with E-state index >= 15 is 0 Å². The quantitative estimate of drug-likeness (QED) is 0.795. The Morgan fingerprint density at radius 3 is 3.08 bits per heavy atom. The Balaban J connectivity index is 2.20. The van der Waals surface area contributed by atoms with Crippen LogP contribution in [0, 0.1) is 0 Å². The molecule has 13 heavy (non-hydrogen) atoms.